The molecule has 90 valence electrons. The van der Waals surface area contributed by atoms with Crippen LogP contribution in [0.4, 0.5) is 0 Å². The molecule has 0 amide bonds. The van der Waals surface area contributed by atoms with E-state index in [1.807, 2.05) is 12.5 Å². The van der Waals surface area contributed by atoms with Crippen molar-refractivity contribution in [2.24, 2.45) is 11.7 Å². The van der Waals surface area contributed by atoms with E-state index in [0.29, 0.717) is 12.5 Å². The SMILES string of the molecule is CC(CN)(C1CC1)n1cncc1-c1ccsc1. The highest BCUT2D eigenvalue weighted by atomic mass is 32.1. The number of hydrogen-bond acceptors (Lipinski definition) is 3. The predicted molar refractivity (Wildman–Crippen MR) is 71.0 cm³/mol. The summed E-state index contributed by atoms with van der Waals surface area (Å²) in [5, 5.41) is 4.26. The fourth-order valence-corrected chi connectivity index (χ4v) is 3.14. The lowest BCUT2D eigenvalue weighted by Gasteiger charge is -2.31. The summed E-state index contributed by atoms with van der Waals surface area (Å²) in [6.45, 7) is 2.92. The Labute approximate surface area is 105 Å². The first kappa shape index (κ1) is 11.0. The van der Waals surface area contributed by atoms with Crippen molar-refractivity contribution in [3.63, 3.8) is 0 Å². The van der Waals surface area contributed by atoms with Gasteiger partial charge in [-0.25, -0.2) is 4.98 Å². The van der Waals surface area contributed by atoms with Crippen LogP contribution in [0, 0.1) is 5.92 Å². The molecular weight excluding hydrogens is 230 g/mol. The molecule has 4 heteroatoms. The van der Waals surface area contributed by atoms with Crippen molar-refractivity contribution in [1.29, 1.82) is 0 Å². The van der Waals surface area contributed by atoms with Gasteiger partial charge in [-0.15, -0.1) is 0 Å². The molecule has 0 radical (unpaired) electrons. The number of rotatable bonds is 4. The summed E-state index contributed by atoms with van der Waals surface area (Å²) >= 11 is 1.72. The number of imidazole rings is 1. The van der Waals surface area contributed by atoms with Crippen molar-refractivity contribution in [3.8, 4) is 11.3 Å². The van der Waals surface area contributed by atoms with Crippen LogP contribution in [-0.4, -0.2) is 16.1 Å². The van der Waals surface area contributed by atoms with Crippen LogP contribution in [0.25, 0.3) is 11.3 Å². The Kier molecular flexibility index (Phi) is 2.56. The molecule has 0 aliphatic heterocycles. The average molecular weight is 247 g/mol. The van der Waals surface area contributed by atoms with Gasteiger partial charge in [0, 0.05) is 17.5 Å². The molecule has 1 aliphatic carbocycles. The first-order chi connectivity index (χ1) is 8.25. The Hall–Kier alpha value is -1.13. The van der Waals surface area contributed by atoms with Crippen LogP contribution in [0.1, 0.15) is 19.8 Å². The minimum atomic E-state index is 0.0216. The van der Waals surface area contributed by atoms with Crippen LogP contribution >= 0.6 is 11.3 Å². The van der Waals surface area contributed by atoms with Crippen LogP contribution in [0.3, 0.4) is 0 Å². The molecule has 1 unspecified atom stereocenters. The van der Waals surface area contributed by atoms with Gasteiger partial charge in [-0.3, -0.25) is 0 Å². The Balaban J connectivity index is 2.06. The second-order valence-electron chi connectivity index (χ2n) is 5.00. The summed E-state index contributed by atoms with van der Waals surface area (Å²) in [4.78, 5) is 4.31. The van der Waals surface area contributed by atoms with Gasteiger partial charge in [0.05, 0.1) is 23.8 Å². The molecule has 2 aromatic heterocycles. The highest BCUT2D eigenvalue weighted by Crippen LogP contribution is 2.45. The molecule has 0 aromatic carbocycles. The Morgan fingerprint density at radius 3 is 3.00 bits per heavy atom. The van der Waals surface area contributed by atoms with Gasteiger partial charge in [-0.1, -0.05) is 0 Å². The van der Waals surface area contributed by atoms with E-state index in [1.54, 1.807) is 11.3 Å². The fraction of sp³-hybridized carbons (Fsp3) is 0.462. The van der Waals surface area contributed by atoms with E-state index in [1.165, 1.54) is 24.1 Å². The Morgan fingerprint density at radius 2 is 2.41 bits per heavy atom. The first-order valence-corrected chi connectivity index (χ1v) is 6.95. The summed E-state index contributed by atoms with van der Waals surface area (Å²) in [6.07, 6.45) is 6.44. The molecule has 0 saturated heterocycles. The second kappa shape index (κ2) is 3.96. The predicted octanol–water partition coefficient (Wildman–Crippen LogP) is 2.70. The molecule has 2 heterocycles. The monoisotopic (exact) mass is 247 g/mol. The Bertz CT molecular complexity index is 498. The second-order valence-corrected chi connectivity index (χ2v) is 5.78. The van der Waals surface area contributed by atoms with Gasteiger partial charge in [-0.2, -0.15) is 11.3 Å². The molecule has 3 nitrogen and oxygen atoms in total. The quantitative estimate of drug-likeness (QED) is 0.902. The number of aromatic nitrogens is 2. The standard InChI is InChI=1S/C13H17N3S/c1-13(8-14,11-2-3-11)16-9-15-6-12(16)10-4-5-17-7-10/h4-7,9,11H,2-3,8,14H2,1H3. The number of nitrogens with zero attached hydrogens (tertiary/aromatic N) is 2. The highest BCUT2D eigenvalue weighted by molar-refractivity contribution is 7.08. The fourth-order valence-electron chi connectivity index (χ4n) is 2.49. The minimum absolute atomic E-state index is 0.0216. The normalized spacial score (nSPS) is 19.2. The maximum Gasteiger partial charge on any atom is 0.0956 e. The number of nitrogens with two attached hydrogens (primary N) is 1. The van der Waals surface area contributed by atoms with Crippen LogP contribution in [0.2, 0.25) is 0 Å². The largest absolute Gasteiger partial charge is 0.328 e. The molecule has 2 N–H and O–H groups in total. The first-order valence-electron chi connectivity index (χ1n) is 6.01. The third kappa shape index (κ3) is 1.72. The zero-order chi connectivity index (χ0) is 11.9. The molecule has 1 aliphatic rings. The maximum atomic E-state index is 6.02. The molecule has 17 heavy (non-hydrogen) atoms. The lowest BCUT2D eigenvalue weighted by atomic mass is 9.95. The van der Waals surface area contributed by atoms with Crippen LogP contribution in [-0.2, 0) is 5.54 Å². The van der Waals surface area contributed by atoms with Gasteiger partial charge < -0.3 is 10.3 Å². The highest BCUT2D eigenvalue weighted by Gasteiger charge is 2.42. The van der Waals surface area contributed by atoms with Gasteiger partial charge in [0.2, 0.25) is 0 Å². The van der Waals surface area contributed by atoms with Gasteiger partial charge in [0.25, 0.3) is 0 Å². The van der Waals surface area contributed by atoms with Gasteiger partial charge in [0.15, 0.2) is 0 Å². The van der Waals surface area contributed by atoms with Crippen molar-refractivity contribution in [1.82, 2.24) is 9.55 Å². The summed E-state index contributed by atoms with van der Waals surface area (Å²) in [6, 6.07) is 2.14. The van der Waals surface area contributed by atoms with Gasteiger partial charge in [0.1, 0.15) is 0 Å². The molecule has 1 fully saturated rings. The van der Waals surface area contributed by atoms with E-state index < -0.39 is 0 Å². The smallest absolute Gasteiger partial charge is 0.0956 e. The molecule has 3 rings (SSSR count). The minimum Gasteiger partial charge on any atom is -0.328 e. The summed E-state index contributed by atoms with van der Waals surface area (Å²) < 4.78 is 2.27. The topological polar surface area (TPSA) is 43.8 Å². The van der Waals surface area contributed by atoms with Crippen molar-refractivity contribution in [3.05, 3.63) is 29.4 Å². The van der Waals surface area contributed by atoms with Crippen molar-refractivity contribution in [2.45, 2.75) is 25.3 Å². The van der Waals surface area contributed by atoms with Crippen molar-refractivity contribution >= 4 is 11.3 Å². The van der Waals surface area contributed by atoms with Crippen molar-refractivity contribution in [2.75, 3.05) is 6.54 Å². The molecule has 0 spiro atoms. The molecular formula is C13H17N3S. The molecule has 1 atom stereocenters. The van der Waals surface area contributed by atoms with E-state index in [-0.39, 0.29) is 5.54 Å². The maximum absolute atomic E-state index is 6.02. The van der Waals surface area contributed by atoms with E-state index >= 15 is 0 Å². The zero-order valence-electron chi connectivity index (χ0n) is 9.97. The van der Waals surface area contributed by atoms with Crippen molar-refractivity contribution < 1.29 is 0 Å². The lowest BCUT2D eigenvalue weighted by molar-refractivity contribution is 0.284. The third-order valence-electron chi connectivity index (χ3n) is 3.88. The molecule has 0 bridgehead atoms. The van der Waals surface area contributed by atoms with Gasteiger partial charge >= 0.3 is 0 Å². The lowest BCUT2D eigenvalue weighted by Crippen LogP contribution is -2.40. The van der Waals surface area contributed by atoms with Crippen LogP contribution in [0.15, 0.2) is 29.4 Å². The van der Waals surface area contributed by atoms with E-state index in [2.05, 4.69) is 33.3 Å². The summed E-state index contributed by atoms with van der Waals surface area (Å²) in [7, 11) is 0. The van der Waals surface area contributed by atoms with E-state index in [4.69, 9.17) is 5.73 Å². The Morgan fingerprint density at radius 1 is 1.59 bits per heavy atom. The average Bonchev–Trinajstić information content (AvgIpc) is 2.88. The molecule has 1 saturated carbocycles. The summed E-state index contributed by atoms with van der Waals surface area (Å²) in [5.74, 6) is 0.707. The zero-order valence-corrected chi connectivity index (χ0v) is 10.8. The van der Waals surface area contributed by atoms with Gasteiger partial charge in [-0.05, 0) is 37.1 Å². The third-order valence-corrected chi connectivity index (χ3v) is 4.56. The number of hydrogen-bond donors (Lipinski definition) is 1. The van der Waals surface area contributed by atoms with Crippen LogP contribution in [0.5, 0.6) is 0 Å². The molecule has 2 aromatic rings. The number of thiophene rings is 1. The van der Waals surface area contributed by atoms with E-state index in [0.717, 1.165) is 0 Å². The van der Waals surface area contributed by atoms with E-state index in [9.17, 15) is 0 Å². The summed E-state index contributed by atoms with van der Waals surface area (Å²) in [5.41, 5.74) is 8.47. The van der Waals surface area contributed by atoms with Crippen LogP contribution < -0.4 is 5.73 Å².